The third-order valence-electron chi connectivity index (χ3n) is 2.80. The van der Waals surface area contributed by atoms with Crippen molar-refractivity contribution in [2.75, 3.05) is 32.8 Å². The lowest BCUT2D eigenvalue weighted by atomic mass is 10.3. The van der Waals surface area contributed by atoms with Crippen LogP contribution in [-0.4, -0.2) is 42.4 Å². The molecular weight excluding hydrogens is 174 g/mol. The molecule has 0 unspecified atom stereocenters. The van der Waals surface area contributed by atoms with Crippen LogP contribution in [0.15, 0.2) is 0 Å². The first-order valence-electron chi connectivity index (χ1n) is 4.70. The number of quaternary nitrogens is 1. The van der Waals surface area contributed by atoms with E-state index in [1.807, 2.05) is 0 Å². The Hall–Kier alpha value is 0.210. The molecule has 76 valence electrons. The van der Waals surface area contributed by atoms with Crippen LogP contribution in [0, 0.1) is 0 Å². The number of aliphatic hydroxyl groups is 1. The van der Waals surface area contributed by atoms with E-state index in [0.29, 0.717) is 6.61 Å². The normalized spacial score (nSPS) is 11.0. The summed E-state index contributed by atoms with van der Waals surface area (Å²) in [6.45, 7) is 11.7. The van der Waals surface area contributed by atoms with Gasteiger partial charge in [0.1, 0.15) is 0 Å². The summed E-state index contributed by atoms with van der Waals surface area (Å²) in [7, 11) is 0. The van der Waals surface area contributed by atoms with Gasteiger partial charge in [-0.2, -0.15) is 0 Å². The summed E-state index contributed by atoms with van der Waals surface area (Å²) in [5, 5.41) is 8.71. The van der Waals surface area contributed by atoms with E-state index in [4.69, 9.17) is 5.11 Å². The molecule has 0 aromatic rings. The van der Waals surface area contributed by atoms with E-state index in [9.17, 15) is 0 Å². The maximum Gasteiger partial charge on any atom is 0.0808 e. The summed E-state index contributed by atoms with van der Waals surface area (Å²) < 4.78 is 1.15. The van der Waals surface area contributed by atoms with Gasteiger partial charge in [-0.25, -0.2) is 0 Å². The van der Waals surface area contributed by atoms with Gasteiger partial charge in [0.15, 0.2) is 0 Å². The Balaban J connectivity index is 0. The number of rotatable bonds is 6. The molecular formula is C9H22ClNO. The van der Waals surface area contributed by atoms with Gasteiger partial charge in [-0.05, 0) is 20.8 Å². The molecule has 0 saturated carbocycles. The second-order valence-electron chi connectivity index (χ2n) is 3.09. The summed E-state index contributed by atoms with van der Waals surface area (Å²) in [5.41, 5.74) is 0. The maximum absolute atomic E-state index is 8.71. The van der Waals surface area contributed by atoms with Crippen molar-refractivity contribution in [2.24, 2.45) is 0 Å². The Labute approximate surface area is 82.6 Å². The van der Waals surface area contributed by atoms with Crippen LogP contribution in [0.2, 0.25) is 0 Å². The number of hydrogen-bond donors (Lipinski definition) is 1. The zero-order valence-corrected chi connectivity index (χ0v) is 9.27. The fraction of sp³-hybridized carbons (Fsp3) is 1.00. The minimum absolute atomic E-state index is 0. The van der Waals surface area contributed by atoms with E-state index in [0.717, 1.165) is 17.4 Å². The molecule has 1 N–H and O–H groups in total. The highest BCUT2D eigenvalue weighted by atomic mass is 35.5. The molecule has 0 heterocycles. The highest BCUT2D eigenvalue weighted by Gasteiger charge is 2.18. The van der Waals surface area contributed by atoms with Gasteiger partial charge in [0.05, 0.1) is 26.2 Å². The van der Waals surface area contributed by atoms with Crippen molar-refractivity contribution in [1.29, 1.82) is 0 Å². The first-order valence-corrected chi connectivity index (χ1v) is 4.70. The SMILES string of the molecule is CC[N+](CC)(CC)CCCO.[Cl-]. The smallest absolute Gasteiger partial charge is 0.0808 e. The van der Waals surface area contributed by atoms with Crippen LogP contribution >= 0.6 is 0 Å². The summed E-state index contributed by atoms with van der Waals surface area (Å²) in [6, 6.07) is 0. The molecule has 0 atom stereocenters. The van der Waals surface area contributed by atoms with Gasteiger partial charge >= 0.3 is 0 Å². The van der Waals surface area contributed by atoms with Crippen LogP contribution in [0.3, 0.4) is 0 Å². The van der Waals surface area contributed by atoms with Crippen LogP contribution in [0.1, 0.15) is 27.2 Å². The summed E-state index contributed by atoms with van der Waals surface area (Å²) in [6.07, 6.45) is 0.940. The van der Waals surface area contributed by atoms with Gasteiger partial charge < -0.3 is 22.0 Å². The highest BCUT2D eigenvalue weighted by Crippen LogP contribution is 2.06. The first kappa shape index (κ1) is 14.7. The van der Waals surface area contributed by atoms with Crippen molar-refractivity contribution < 1.29 is 22.0 Å². The fourth-order valence-corrected chi connectivity index (χ4v) is 1.55. The second-order valence-corrected chi connectivity index (χ2v) is 3.09. The molecule has 0 fully saturated rings. The van der Waals surface area contributed by atoms with E-state index in [1.54, 1.807) is 0 Å². The third kappa shape index (κ3) is 4.29. The molecule has 0 aliphatic heterocycles. The summed E-state index contributed by atoms with van der Waals surface area (Å²) in [5.74, 6) is 0. The molecule has 0 radical (unpaired) electrons. The molecule has 0 rings (SSSR count). The van der Waals surface area contributed by atoms with Crippen molar-refractivity contribution in [1.82, 2.24) is 0 Å². The largest absolute Gasteiger partial charge is 1.00 e. The van der Waals surface area contributed by atoms with E-state index in [-0.39, 0.29) is 12.4 Å². The van der Waals surface area contributed by atoms with Crippen molar-refractivity contribution in [3.05, 3.63) is 0 Å². The Morgan fingerprint density at radius 2 is 1.42 bits per heavy atom. The van der Waals surface area contributed by atoms with Gasteiger partial charge in [0, 0.05) is 13.0 Å². The third-order valence-corrected chi connectivity index (χ3v) is 2.80. The average Bonchev–Trinajstić information content (AvgIpc) is 2.08. The van der Waals surface area contributed by atoms with Crippen LogP contribution < -0.4 is 12.4 Å². The van der Waals surface area contributed by atoms with Crippen molar-refractivity contribution in [3.63, 3.8) is 0 Å². The second kappa shape index (κ2) is 7.84. The lowest BCUT2D eigenvalue weighted by molar-refractivity contribution is -0.923. The zero-order valence-electron chi connectivity index (χ0n) is 8.52. The molecule has 2 nitrogen and oxygen atoms in total. The summed E-state index contributed by atoms with van der Waals surface area (Å²) in [4.78, 5) is 0. The van der Waals surface area contributed by atoms with Gasteiger partial charge in [-0.1, -0.05) is 0 Å². The average molecular weight is 196 g/mol. The Bertz CT molecular complexity index is 86.3. The van der Waals surface area contributed by atoms with Crippen molar-refractivity contribution in [2.45, 2.75) is 27.2 Å². The van der Waals surface area contributed by atoms with Crippen LogP contribution in [0.4, 0.5) is 0 Å². The Morgan fingerprint density at radius 1 is 1.00 bits per heavy atom. The monoisotopic (exact) mass is 195 g/mol. The van der Waals surface area contributed by atoms with Gasteiger partial charge in [-0.15, -0.1) is 0 Å². The molecule has 0 bridgehead atoms. The zero-order chi connectivity index (χ0) is 8.74. The molecule has 0 spiro atoms. The molecule has 3 heteroatoms. The van der Waals surface area contributed by atoms with Crippen molar-refractivity contribution >= 4 is 0 Å². The maximum atomic E-state index is 8.71. The van der Waals surface area contributed by atoms with Crippen LogP contribution in [0.5, 0.6) is 0 Å². The summed E-state index contributed by atoms with van der Waals surface area (Å²) >= 11 is 0. The first-order chi connectivity index (χ1) is 5.24. The predicted octanol–water partition coefficient (Wildman–Crippen LogP) is -1.75. The highest BCUT2D eigenvalue weighted by molar-refractivity contribution is 4.38. The van der Waals surface area contributed by atoms with Crippen molar-refractivity contribution in [3.8, 4) is 0 Å². The molecule has 0 aliphatic rings. The number of halogens is 1. The molecule has 12 heavy (non-hydrogen) atoms. The van der Waals surface area contributed by atoms with Gasteiger partial charge in [0.25, 0.3) is 0 Å². The Kier molecular flexibility index (Phi) is 9.61. The van der Waals surface area contributed by atoms with Gasteiger partial charge in [-0.3, -0.25) is 0 Å². The quantitative estimate of drug-likeness (QED) is 0.499. The van der Waals surface area contributed by atoms with Gasteiger partial charge in [0.2, 0.25) is 0 Å². The van der Waals surface area contributed by atoms with Crippen LogP contribution in [0.25, 0.3) is 0 Å². The molecule has 0 amide bonds. The fourth-order valence-electron chi connectivity index (χ4n) is 1.55. The van der Waals surface area contributed by atoms with E-state index in [1.165, 1.54) is 19.6 Å². The number of nitrogens with zero attached hydrogens (tertiary/aromatic N) is 1. The predicted molar refractivity (Wildman–Crippen MR) is 48.5 cm³/mol. The topological polar surface area (TPSA) is 20.2 Å². The van der Waals surface area contributed by atoms with E-state index >= 15 is 0 Å². The molecule has 0 aromatic carbocycles. The lowest BCUT2D eigenvalue weighted by Crippen LogP contribution is -3.00. The van der Waals surface area contributed by atoms with Crippen LogP contribution in [-0.2, 0) is 0 Å². The molecule has 0 aliphatic carbocycles. The minimum Gasteiger partial charge on any atom is -1.00 e. The number of hydrogen-bond acceptors (Lipinski definition) is 1. The molecule has 0 saturated heterocycles. The van der Waals surface area contributed by atoms with E-state index in [2.05, 4.69) is 20.8 Å². The van der Waals surface area contributed by atoms with E-state index < -0.39 is 0 Å². The standard InChI is InChI=1S/C9H22NO.ClH/c1-4-10(5-2,6-3)8-7-9-11;/h11H,4-9H2,1-3H3;1H/q+1;/p-1. The Morgan fingerprint density at radius 3 is 1.67 bits per heavy atom. The number of aliphatic hydroxyl groups excluding tert-OH is 1. The minimum atomic E-state index is 0. The lowest BCUT2D eigenvalue weighted by Gasteiger charge is -2.35. The molecule has 0 aromatic heterocycles.